The normalized spacial score (nSPS) is 23.2. The number of hydrogen-bond acceptors (Lipinski definition) is 5. The molecule has 0 aromatic carbocycles. The average molecular weight is 290 g/mol. The zero-order valence-electron chi connectivity index (χ0n) is 12.8. The lowest BCUT2D eigenvalue weighted by molar-refractivity contribution is -0.136. The third kappa shape index (κ3) is 2.48. The maximum absolute atomic E-state index is 12.1. The van der Waals surface area contributed by atoms with E-state index in [9.17, 15) is 4.79 Å². The van der Waals surface area contributed by atoms with Crippen molar-refractivity contribution in [2.45, 2.75) is 51.7 Å². The van der Waals surface area contributed by atoms with E-state index in [1.54, 1.807) is 0 Å². The van der Waals surface area contributed by atoms with Crippen molar-refractivity contribution in [1.82, 2.24) is 14.9 Å². The molecule has 0 bridgehead atoms. The maximum atomic E-state index is 12.1. The molecular formula is C15H22N4O2. The fraction of sp³-hybridized carbons (Fsp3) is 0.667. The number of carbonyl (C=O) groups is 1. The number of aromatic nitrogens is 2. The first-order valence-electron chi connectivity index (χ1n) is 7.53. The van der Waals surface area contributed by atoms with Crippen LogP contribution in [0.2, 0.25) is 0 Å². The number of carbonyl (C=O) groups excluding carboxylic acids is 1. The summed E-state index contributed by atoms with van der Waals surface area (Å²) in [6.07, 6.45) is 3.34. The minimum atomic E-state index is -0.336. The first kappa shape index (κ1) is 14.3. The summed E-state index contributed by atoms with van der Waals surface area (Å²) in [7, 11) is 0. The van der Waals surface area contributed by atoms with Crippen LogP contribution in [0.15, 0.2) is 6.20 Å². The third-order valence-electron chi connectivity index (χ3n) is 4.38. The molecule has 0 spiro atoms. The van der Waals surface area contributed by atoms with E-state index in [1.165, 1.54) is 0 Å². The smallest absolute Gasteiger partial charge is 0.223 e. The summed E-state index contributed by atoms with van der Waals surface area (Å²) in [4.78, 5) is 23.0. The molecule has 1 aromatic rings. The largest absolute Gasteiger partial charge is 0.379 e. The lowest BCUT2D eigenvalue weighted by Gasteiger charge is -2.31. The van der Waals surface area contributed by atoms with E-state index >= 15 is 0 Å². The van der Waals surface area contributed by atoms with Gasteiger partial charge in [-0.05, 0) is 20.3 Å². The van der Waals surface area contributed by atoms with Gasteiger partial charge in [0.15, 0.2) is 0 Å². The molecular weight excluding hydrogens is 268 g/mol. The fourth-order valence-corrected chi connectivity index (χ4v) is 3.03. The standard InChI is InChI=1S/C15H22N4O2/c1-4-13(20)19-8-12-11(15(19,2)3)7-16-14(18-12)17-10-5-6-21-9-10/h7,10H,4-6,8-9H2,1-3H3,(H,16,17,18). The Hall–Kier alpha value is -1.69. The number of anilines is 1. The minimum absolute atomic E-state index is 0.150. The Morgan fingerprint density at radius 2 is 2.38 bits per heavy atom. The monoisotopic (exact) mass is 290 g/mol. The molecule has 1 aromatic heterocycles. The molecule has 0 radical (unpaired) electrons. The SMILES string of the molecule is CCC(=O)N1Cc2nc(NC3CCOC3)ncc2C1(C)C. The van der Waals surface area contributed by atoms with Crippen molar-refractivity contribution in [2.24, 2.45) is 0 Å². The number of fused-ring (bicyclic) bond motifs is 1. The highest BCUT2D eigenvalue weighted by Crippen LogP contribution is 2.38. The van der Waals surface area contributed by atoms with E-state index in [-0.39, 0.29) is 17.5 Å². The van der Waals surface area contributed by atoms with Crippen molar-refractivity contribution in [1.29, 1.82) is 0 Å². The van der Waals surface area contributed by atoms with E-state index in [0.29, 0.717) is 25.5 Å². The van der Waals surface area contributed by atoms with Gasteiger partial charge in [-0.1, -0.05) is 6.92 Å². The van der Waals surface area contributed by atoms with E-state index in [2.05, 4.69) is 15.3 Å². The quantitative estimate of drug-likeness (QED) is 0.917. The van der Waals surface area contributed by atoms with E-state index in [4.69, 9.17) is 4.74 Å². The second kappa shape index (κ2) is 5.26. The Balaban J connectivity index is 1.83. The Morgan fingerprint density at radius 3 is 3.05 bits per heavy atom. The molecule has 1 fully saturated rings. The van der Waals surface area contributed by atoms with E-state index in [0.717, 1.165) is 24.3 Å². The van der Waals surface area contributed by atoms with Crippen LogP contribution in [0, 0.1) is 0 Å². The van der Waals surface area contributed by atoms with Crippen molar-refractivity contribution in [2.75, 3.05) is 18.5 Å². The molecule has 2 aliphatic rings. The third-order valence-corrected chi connectivity index (χ3v) is 4.38. The summed E-state index contributed by atoms with van der Waals surface area (Å²) in [5, 5.41) is 3.31. The highest BCUT2D eigenvalue weighted by Gasteiger charge is 2.41. The second-order valence-corrected chi connectivity index (χ2v) is 6.15. The van der Waals surface area contributed by atoms with Gasteiger partial charge >= 0.3 is 0 Å². The van der Waals surface area contributed by atoms with Gasteiger partial charge in [-0.3, -0.25) is 4.79 Å². The van der Waals surface area contributed by atoms with Crippen LogP contribution < -0.4 is 5.32 Å². The molecule has 2 aliphatic heterocycles. The first-order valence-corrected chi connectivity index (χ1v) is 7.53. The van der Waals surface area contributed by atoms with Crippen LogP contribution in [-0.4, -0.2) is 40.0 Å². The lowest BCUT2D eigenvalue weighted by atomic mass is 9.97. The molecule has 1 unspecified atom stereocenters. The Morgan fingerprint density at radius 1 is 1.57 bits per heavy atom. The molecule has 1 N–H and O–H groups in total. The average Bonchev–Trinajstić information content (AvgIpc) is 3.04. The minimum Gasteiger partial charge on any atom is -0.379 e. The summed E-state index contributed by atoms with van der Waals surface area (Å²) >= 11 is 0. The molecule has 6 nitrogen and oxygen atoms in total. The van der Waals surface area contributed by atoms with Crippen molar-refractivity contribution in [3.63, 3.8) is 0 Å². The molecule has 3 heterocycles. The van der Waals surface area contributed by atoms with Gasteiger partial charge in [0.05, 0.1) is 30.4 Å². The van der Waals surface area contributed by atoms with Crippen LogP contribution >= 0.6 is 0 Å². The van der Waals surface area contributed by atoms with Crippen LogP contribution in [0.5, 0.6) is 0 Å². The number of ether oxygens (including phenoxy) is 1. The van der Waals surface area contributed by atoms with Gasteiger partial charge in [0.2, 0.25) is 11.9 Å². The Bertz CT molecular complexity index is 553. The van der Waals surface area contributed by atoms with Gasteiger partial charge in [0.1, 0.15) is 0 Å². The first-order chi connectivity index (χ1) is 10.0. The van der Waals surface area contributed by atoms with Crippen LogP contribution in [0.3, 0.4) is 0 Å². The molecule has 1 amide bonds. The van der Waals surface area contributed by atoms with E-state index in [1.807, 2.05) is 31.9 Å². The van der Waals surface area contributed by atoms with Gasteiger partial charge in [0.25, 0.3) is 0 Å². The zero-order chi connectivity index (χ0) is 15.0. The fourth-order valence-electron chi connectivity index (χ4n) is 3.03. The van der Waals surface area contributed by atoms with Gasteiger partial charge in [-0.2, -0.15) is 0 Å². The lowest BCUT2D eigenvalue weighted by Crippen LogP contribution is -2.39. The van der Waals surface area contributed by atoms with Crippen molar-refractivity contribution in [3.05, 3.63) is 17.5 Å². The topological polar surface area (TPSA) is 67.4 Å². The van der Waals surface area contributed by atoms with Gasteiger partial charge in [-0.25, -0.2) is 9.97 Å². The Kier molecular flexibility index (Phi) is 3.57. The second-order valence-electron chi connectivity index (χ2n) is 6.15. The number of hydrogen-bond donors (Lipinski definition) is 1. The maximum Gasteiger partial charge on any atom is 0.223 e. The molecule has 21 heavy (non-hydrogen) atoms. The van der Waals surface area contributed by atoms with Gasteiger partial charge in [0, 0.05) is 24.8 Å². The molecule has 114 valence electrons. The van der Waals surface area contributed by atoms with Crippen LogP contribution in [-0.2, 0) is 21.6 Å². The van der Waals surface area contributed by atoms with Crippen LogP contribution in [0.25, 0.3) is 0 Å². The zero-order valence-corrected chi connectivity index (χ0v) is 12.8. The summed E-state index contributed by atoms with van der Waals surface area (Å²) < 4.78 is 5.35. The van der Waals surface area contributed by atoms with Crippen molar-refractivity contribution in [3.8, 4) is 0 Å². The number of rotatable bonds is 3. The van der Waals surface area contributed by atoms with Gasteiger partial charge in [-0.15, -0.1) is 0 Å². The van der Waals surface area contributed by atoms with Crippen molar-refractivity contribution >= 4 is 11.9 Å². The highest BCUT2D eigenvalue weighted by atomic mass is 16.5. The van der Waals surface area contributed by atoms with Crippen LogP contribution in [0.4, 0.5) is 5.95 Å². The summed E-state index contributed by atoms with van der Waals surface area (Å²) in [5.74, 6) is 0.780. The van der Waals surface area contributed by atoms with Crippen LogP contribution in [0.1, 0.15) is 44.9 Å². The predicted octanol–water partition coefficient (Wildman–Crippen LogP) is 1.66. The number of nitrogens with zero attached hydrogens (tertiary/aromatic N) is 3. The summed E-state index contributed by atoms with van der Waals surface area (Å²) in [6.45, 7) is 8.04. The number of nitrogens with one attached hydrogen (secondary N) is 1. The molecule has 6 heteroatoms. The van der Waals surface area contributed by atoms with E-state index < -0.39 is 0 Å². The molecule has 0 saturated carbocycles. The molecule has 1 atom stereocenters. The predicted molar refractivity (Wildman–Crippen MR) is 78.7 cm³/mol. The molecule has 1 saturated heterocycles. The molecule has 0 aliphatic carbocycles. The summed E-state index contributed by atoms with van der Waals surface area (Å²) in [5.41, 5.74) is 1.65. The Labute approximate surface area is 124 Å². The highest BCUT2D eigenvalue weighted by molar-refractivity contribution is 5.77. The summed E-state index contributed by atoms with van der Waals surface area (Å²) in [6, 6.07) is 0.283. The number of amides is 1. The van der Waals surface area contributed by atoms with Gasteiger partial charge < -0.3 is 15.0 Å². The molecule has 3 rings (SSSR count). The van der Waals surface area contributed by atoms with Crippen molar-refractivity contribution < 1.29 is 9.53 Å².